The first-order valence-electron chi connectivity index (χ1n) is 12.0. The highest BCUT2D eigenvalue weighted by atomic mass is 16.7. The molecule has 38 heavy (non-hydrogen) atoms. The normalized spacial score (nSPS) is 45.5. The topological polar surface area (TPSA) is 266 Å². The number of hydrogen-bond donors (Lipinski definition) is 10. The largest absolute Gasteiger partial charge is 0.394 e. The number of amides is 2. The zero-order chi connectivity index (χ0) is 28.3. The van der Waals surface area contributed by atoms with Gasteiger partial charge >= 0.3 is 0 Å². The molecule has 17 nitrogen and oxygen atoms in total. The molecule has 3 saturated heterocycles. The minimum Gasteiger partial charge on any atom is -0.394 e. The van der Waals surface area contributed by atoms with Gasteiger partial charge in [-0.2, -0.15) is 0 Å². The van der Waals surface area contributed by atoms with Crippen LogP contribution in [0.3, 0.4) is 0 Å². The van der Waals surface area contributed by atoms with Gasteiger partial charge in [-0.1, -0.05) is 0 Å². The van der Waals surface area contributed by atoms with E-state index in [0.29, 0.717) is 0 Å². The Kier molecular flexibility index (Phi) is 10.7. The Bertz CT molecular complexity index is 807. The van der Waals surface area contributed by atoms with Crippen LogP contribution in [0.25, 0.3) is 0 Å². The lowest BCUT2D eigenvalue weighted by Gasteiger charge is -2.48. The standard InChI is InChI=1S/C21H36N2O15/c1-6(26)22-11-15(30)13(28)8(3-24)36-21(11)38-18-9(4-25)37-20(12(16(18)31)23-7(2)27)34-5-10-14(29)17(32)19(33)35-10/h8-21,24-25,28-33H,3-5H2,1-2H3,(H,22,26)(H,23,27)/t8-,9-,10-,11-,12-,13-,14-,15-,16-,17+,18-,19-,20-,21+/m1/s1. The molecule has 0 saturated carbocycles. The predicted octanol–water partition coefficient (Wildman–Crippen LogP) is -6.65. The maximum atomic E-state index is 11.9. The SMILES string of the molecule is CC(=O)N[C@H]1[C@H](OC[C@H]2O[C@@H](O)[C@@H](O)[C@@H]2O)O[C@H](CO)[C@@H](O[C@@H]2O[C@H](CO)[C@@H](O)[C@H](O)[C@H]2NC(C)=O)[C@@H]1O. The average Bonchev–Trinajstić information content (AvgIpc) is 3.11. The van der Waals surface area contributed by atoms with Gasteiger partial charge in [-0.05, 0) is 0 Å². The number of ether oxygens (including phenoxy) is 5. The number of aliphatic hydroxyl groups excluding tert-OH is 8. The van der Waals surface area contributed by atoms with Gasteiger partial charge in [-0.3, -0.25) is 9.59 Å². The maximum absolute atomic E-state index is 11.9. The van der Waals surface area contributed by atoms with Crippen LogP contribution < -0.4 is 10.6 Å². The van der Waals surface area contributed by atoms with Crippen molar-refractivity contribution in [2.75, 3.05) is 19.8 Å². The Morgan fingerprint density at radius 2 is 1.21 bits per heavy atom. The Hall–Kier alpha value is -1.58. The van der Waals surface area contributed by atoms with Crippen LogP contribution in [0.4, 0.5) is 0 Å². The van der Waals surface area contributed by atoms with Crippen LogP contribution in [-0.4, -0.2) is 158 Å². The predicted molar refractivity (Wildman–Crippen MR) is 118 cm³/mol. The number of nitrogens with one attached hydrogen (secondary N) is 2. The van der Waals surface area contributed by atoms with Crippen LogP contribution in [0.1, 0.15) is 13.8 Å². The molecule has 0 unspecified atom stereocenters. The number of carbonyl (C=O) groups is 2. The average molecular weight is 557 g/mol. The second kappa shape index (κ2) is 13.2. The minimum absolute atomic E-state index is 0.453. The molecule has 3 aliphatic rings. The second-order valence-electron chi connectivity index (χ2n) is 9.36. The summed E-state index contributed by atoms with van der Waals surface area (Å²) >= 11 is 0. The summed E-state index contributed by atoms with van der Waals surface area (Å²) in [5.41, 5.74) is 0. The van der Waals surface area contributed by atoms with Crippen molar-refractivity contribution in [1.82, 2.24) is 10.6 Å². The van der Waals surface area contributed by atoms with Crippen LogP contribution in [0.5, 0.6) is 0 Å². The van der Waals surface area contributed by atoms with Gasteiger partial charge < -0.3 is 75.2 Å². The molecule has 220 valence electrons. The molecule has 10 N–H and O–H groups in total. The highest BCUT2D eigenvalue weighted by molar-refractivity contribution is 5.73. The molecule has 3 fully saturated rings. The fraction of sp³-hybridized carbons (Fsp3) is 0.905. The van der Waals surface area contributed by atoms with E-state index in [4.69, 9.17) is 23.7 Å². The molecule has 0 radical (unpaired) electrons. The summed E-state index contributed by atoms with van der Waals surface area (Å²) in [6, 6.07) is -2.69. The molecule has 17 heteroatoms. The number of aliphatic hydroxyl groups is 8. The highest BCUT2D eigenvalue weighted by Crippen LogP contribution is 2.30. The van der Waals surface area contributed by atoms with E-state index < -0.39 is 118 Å². The zero-order valence-corrected chi connectivity index (χ0v) is 20.6. The van der Waals surface area contributed by atoms with Crippen LogP contribution in [0.2, 0.25) is 0 Å². The quantitative estimate of drug-likeness (QED) is 0.126. The molecule has 0 aromatic rings. The van der Waals surface area contributed by atoms with Crippen molar-refractivity contribution in [3.8, 4) is 0 Å². The van der Waals surface area contributed by atoms with Crippen molar-refractivity contribution in [3.05, 3.63) is 0 Å². The van der Waals surface area contributed by atoms with Gasteiger partial charge in [-0.25, -0.2) is 0 Å². The Balaban J connectivity index is 1.79. The first-order chi connectivity index (χ1) is 17.9. The summed E-state index contributed by atoms with van der Waals surface area (Å²) in [5, 5.41) is 85.3. The third-order valence-electron chi connectivity index (χ3n) is 6.53. The van der Waals surface area contributed by atoms with Gasteiger partial charge in [0.05, 0.1) is 19.8 Å². The van der Waals surface area contributed by atoms with E-state index in [1.54, 1.807) is 0 Å². The highest BCUT2D eigenvalue weighted by Gasteiger charge is 2.52. The molecular formula is C21H36N2O15. The Morgan fingerprint density at radius 3 is 1.71 bits per heavy atom. The smallest absolute Gasteiger partial charge is 0.217 e. The molecule has 14 atom stereocenters. The van der Waals surface area contributed by atoms with Crippen molar-refractivity contribution in [3.63, 3.8) is 0 Å². The van der Waals surface area contributed by atoms with Crippen LogP contribution in [0, 0.1) is 0 Å². The van der Waals surface area contributed by atoms with Crippen molar-refractivity contribution < 1.29 is 74.1 Å². The summed E-state index contributed by atoms with van der Waals surface area (Å²) in [6.45, 7) is 0.364. The molecule has 0 aromatic heterocycles. The molecule has 0 spiro atoms. The van der Waals surface area contributed by atoms with Crippen molar-refractivity contribution >= 4 is 11.8 Å². The third-order valence-corrected chi connectivity index (χ3v) is 6.53. The maximum Gasteiger partial charge on any atom is 0.217 e. The van der Waals surface area contributed by atoms with Crippen LogP contribution >= 0.6 is 0 Å². The van der Waals surface area contributed by atoms with E-state index in [2.05, 4.69) is 10.6 Å². The van der Waals surface area contributed by atoms with Crippen LogP contribution in [-0.2, 0) is 33.3 Å². The van der Waals surface area contributed by atoms with Gasteiger partial charge in [0.25, 0.3) is 0 Å². The summed E-state index contributed by atoms with van der Waals surface area (Å²) in [4.78, 5) is 23.6. The lowest BCUT2D eigenvalue weighted by atomic mass is 9.94. The van der Waals surface area contributed by atoms with E-state index in [0.717, 1.165) is 13.8 Å². The molecule has 0 bridgehead atoms. The molecule has 0 aromatic carbocycles. The first-order valence-corrected chi connectivity index (χ1v) is 12.0. The van der Waals surface area contributed by atoms with Crippen molar-refractivity contribution in [2.45, 2.75) is 99.7 Å². The van der Waals surface area contributed by atoms with Gasteiger partial charge in [-0.15, -0.1) is 0 Å². The van der Waals surface area contributed by atoms with E-state index in [9.17, 15) is 50.4 Å². The van der Waals surface area contributed by atoms with Gasteiger partial charge in [0.15, 0.2) is 18.9 Å². The number of rotatable bonds is 9. The molecule has 3 rings (SSSR count). The monoisotopic (exact) mass is 556 g/mol. The van der Waals surface area contributed by atoms with Gasteiger partial charge in [0.1, 0.15) is 67.0 Å². The van der Waals surface area contributed by atoms with Gasteiger partial charge in [0, 0.05) is 13.8 Å². The Labute approximate surface area is 216 Å². The van der Waals surface area contributed by atoms with E-state index in [-0.39, 0.29) is 0 Å². The Morgan fingerprint density at radius 1 is 0.684 bits per heavy atom. The summed E-state index contributed by atoms with van der Waals surface area (Å²) in [6.07, 6.45) is -17.9. The molecule has 2 amide bonds. The first kappa shape index (κ1) is 31.0. The van der Waals surface area contributed by atoms with Crippen molar-refractivity contribution in [1.29, 1.82) is 0 Å². The second-order valence-corrected chi connectivity index (χ2v) is 9.36. The zero-order valence-electron chi connectivity index (χ0n) is 20.6. The van der Waals surface area contributed by atoms with Crippen molar-refractivity contribution in [2.24, 2.45) is 0 Å². The van der Waals surface area contributed by atoms with E-state index in [1.807, 2.05) is 0 Å². The molecular weight excluding hydrogens is 520 g/mol. The summed E-state index contributed by atoms with van der Waals surface area (Å²) in [7, 11) is 0. The lowest BCUT2D eigenvalue weighted by Crippen LogP contribution is -2.69. The molecule has 0 aliphatic carbocycles. The summed E-state index contributed by atoms with van der Waals surface area (Å²) in [5.74, 6) is -1.23. The van der Waals surface area contributed by atoms with Crippen LogP contribution in [0.15, 0.2) is 0 Å². The fourth-order valence-corrected chi connectivity index (χ4v) is 4.56. The molecule has 3 heterocycles. The van der Waals surface area contributed by atoms with E-state index in [1.165, 1.54) is 0 Å². The lowest BCUT2D eigenvalue weighted by molar-refractivity contribution is -0.334. The fourth-order valence-electron chi connectivity index (χ4n) is 4.56. The third kappa shape index (κ3) is 6.76. The van der Waals surface area contributed by atoms with E-state index >= 15 is 0 Å². The number of hydrogen-bond acceptors (Lipinski definition) is 15. The summed E-state index contributed by atoms with van der Waals surface area (Å²) < 4.78 is 27.6. The van der Waals surface area contributed by atoms with Gasteiger partial charge in [0.2, 0.25) is 11.8 Å². The number of carbonyl (C=O) groups excluding carboxylic acids is 2. The minimum atomic E-state index is -1.66. The molecule has 3 aliphatic heterocycles.